The predicted molar refractivity (Wildman–Crippen MR) is 92.2 cm³/mol. The largest absolute Gasteiger partial charge is 0.463 e. The summed E-state index contributed by atoms with van der Waals surface area (Å²) < 4.78 is 18.5. The Balaban J connectivity index is 2.18. The SMILES string of the molecule is CCOC(=O)C1=C(C)N=C2SC(C#N)=C(N)N2[C@H]1c1ccc(F)cc1. The molecule has 128 valence electrons. The first-order valence-electron chi connectivity index (χ1n) is 7.56. The molecular weight excluding hydrogens is 343 g/mol. The molecule has 0 aromatic heterocycles. The van der Waals surface area contributed by atoms with E-state index in [1.165, 1.54) is 12.1 Å². The molecule has 1 atom stereocenters. The standard InChI is InChI=1S/C17H15FN4O2S/c1-3-24-16(23)13-9(2)21-17-22(15(20)12(8-19)25-17)14(13)10-4-6-11(18)7-5-10/h4-7,14H,3,20H2,1-2H3/t14-/m0/s1. The Morgan fingerprint density at radius 1 is 1.48 bits per heavy atom. The monoisotopic (exact) mass is 358 g/mol. The van der Waals surface area contributed by atoms with E-state index in [1.807, 2.05) is 6.07 Å². The van der Waals surface area contributed by atoms with Crippen molar-refractivity contribution in [2.75, 3.05) is 6.61 Å². The molecule has 0 radical (unpaired) electrons. The number of amidine groups is 1. The highest BCUT2D eigenvalue weighted by atomic mass is 32.2. The van der Waals surface area contributed by atoms with Gasteiger partial charge in [-0.1, -0.05) is 12.1 Å². The van der Waals surface area contributed by atoms with Crippen molar-refractivity contribution in [3.05, 3.63) is 57.6 Å². The molecule has 6 nitrogen and oxygen atoms in total. The van der Waals surface area contributed by atoms with Crippen molar-refractivity contribution in [2.45, 2.75) is 19.9 Å². The molecule has 0 aliphatic carbocycles. The summed E-state index contributed by atoms with van der Waals surface area (Å²) in [6.45, 7) is 3.63. The van der Waals surface area contributed by atoms with Gasteiger partial charge in [0.1, 0.15) is 22.6 Å². The molecule has 0 saturated heterocycles. The fraction of sp³-hybridized carbons (Fsp3) is 0.235. The molecule has 0 bridgehead atoms. The normalized spacial score (nSPS) is 19.5. The van der Waals surface area contributed by atoms with Crippen LogP contribution < -0.4 is 5.73 Å². The lowest BCUT2D eigenvalue weighted by Crippen LogP contribution is -2.38. The van der Waals surface area contributed by atoms with Gasteiger partial charge < -0.3 is 10.5 Å². The van der Waals surface area contributed by atoms with Crippen molar-refractivity contribution in [3.63, 3.8) is 0 Å². The summed E-state index contributed by atoms with van der Waals surface area (Å²) >= 11 is 1.14. The number of carbonyl (C=O) groups is 1. The fourth-order valence-corrected chi connectivity index (χ4v) is 3.69. The zero-order valence-corrected chi connectivity index (χ0v) is 14.4. The van der Waals surface area contributed by atoms with Crippen molar-refractivity contribution < 1.29 is 13.9 Å². The number of ether oxygens (including phenoxy) is 1. The summed E-state index contributed by atoms with van der Waals surface area (Å²) in [4.78, 5) is 18.9. The Morgan fingerprint density at radius 3 is 2.76 bits per heavy atom. The number of esters is 1. The van der Waals surface area contributed by atoms with Gasteiger partial charge in [-0.3, -0.25) is 4.90 Å². The third kappa shape index (κ3) is 2.87. The second kappa shape index (κ2) is 6.61. The molecule has 0 saturated carbocycles. The summed E-state index contributed by atoms with van der Waals surface area (Å²) in [5.74, 6) is -0.681. The van der Waals surface area contributed by atoms with E-state index in [-0.39, 0.29) is 18.2 Å². The van der Waals surface area contributed by atoms with Crippen molar-refractivity contribution in [1.29, 1.82) is 5.26 Å². The Morgan fingerprint density at radius 2 is 2.16 bits per heavy atom. The van der Waals surface area contributed by atoms with Gasteiger partial charge in [0.2, 0.25) is 0 Å². The van der Waals surface area contributed by atoms with Crippen LogP contribution in [0.4, 0.5) is 4.39 Å². The molecule has 8 heteroatoms. The van der Waals surface area contributed by atoms with Gasteiger partial charge in [0.05, 0.1) is 23.9 Å². The van der Waals surface area contributed by atoms with Crippen LogP contribution in [0.3, 0.4) is 0 Å². The van der Waals surface area contributed by atoms with E-state index in [2.05, 4.69) is 4.99 Å². The second-order valence-corrected chi connectivity index (χ2v) is 6.34. The molecule has 0 unspecified atom stereocenters. The lowest BCUT2D eigenvalue weighted by molar-refractivity contribution is -0.139. The molecule has 2 N–H and O–H groups in total. The third-order valence-corrected chi connectivity index (χ3v) is 4.83. The van der Waals surface area contributed by atoms with Crippen LogP contribution in [-0.4, -0.2) is 22.6 Å². The molecule has 2 aliphatic rings. The molecule has 0 fully saturated rings. The van der Waals surface area contributed by atoms with Gasteiger partial charge in [-0.15, -0.1) is 0 Å². The van der Waals surface area contributed by atoms with Gasteiger partial charge in [0.25, 0.3) is 0 Å². The van der Waals surface area contributed by atoms with Gasteiger partial charge in [0.15, 0.2) is 5.17 Å². The zero-order valence-electron chi connectivity index (χ0n) is 13.6. The minimum atomic E-state index is -0.634. The van der Waals surface area contributed by atoms with Crippen molar-refractivity contribution in [2.24, 2.45) is 10.7 Å². The lowest BCUT2D eigenvalue weighted by atomic mass is 9.94. The lowest BCUT2D eigenvalue weighted by Gasteiger charge is -2.34. The highest BCUT2D eigenvalue weighted by molar-refractivity contribution is 8.17. The Labute approximate surface area is 148 Å². The van der Waals surface area contributed by atoms with Crippen LogP contribution in [-0.2, 0) is 9.53 Å². The van der Waals surface area contributed by atoms with Gasteiger partial charge in [-0.25, -0.2) is 14.2 Å². The second-order valence-electron chi connectivity index (χ2n) is 5.37. The van der Waals surface area contributed by atoms with E-state index in [0.717, 1.165) is 11.8 Å². The number of rotatable bonds is 3. The molecule has 1 aromatic rings. The number of benzene rings is 1. The summed E-state index contributed by atoms with van der Waals surface area (Å²) in [6.07, 6.45) is 0. The average Bonchev–Trinajstić information content (AvgIpc) is 2.90. The quantitative estimate of drug-likeness (QED) is 0.836. The summed E-state index contributed by atoms with van der Waals surface area (Å²) in [5.41, 5.74) is 7.57. The van der Waals surface area contributed by atoms with Crippen LogP contribution in [0.1, 0.15) is 25.5 Å². The molecule has 0 amide bonds. The zero-order chi connectivity index (χ0) is 18.1. The summed E-state index contributed by atoms with van der Waals surface area (Å²) in [5, 5.41) is 9.76. The van der Waals surface area contributed by atoms with Crippen molar-refractivity contribution in [3.8, 4) is 6.07 Å². The van der Waals surface area contributed by atoms with Crippen LogP contribution in [0, 0.1) is 17.1 Å². The van der Waals surface area contributed by atoms with Crippen molar-refractivity contribution >= 4 is 22.9 Å². The maximum Gasteiger partial charge on any atom is 0.338 e. The minimum Gasteiger partial charge on any atom is -0.463 e. The highest BCUT2D eigenvalue weighted by Gasteiger charge is 2.42. The number of halogens is 1. The van der Waals surface area contributed by atoms with Gasteiger partial charge in [0, 0.05) is 0 Å². The van der Waals surface area contributed by atoms with Crippen LogP contribution >= 0.6 is 11.8 Å². The third-order valence-electron chi connectivity index (χ3n) is 3.86. The number of fused-ring (bicyclic) bond motifs is 1. The predicted octanol–water partition coefficient (Wildman–Crippen LogP) is 2.77. The van der Waals surface area contributed by atoms with E-state index < -0.39 is 12.0 Å². The maximum absolute atomic E-state index is 13.3. The number of thioether (sulfide) groups is 1. The van der Waals surface area contributed by atoms with E-state index in [1.54, 1.807) is 30.9 Å². The molecule has 2 aliphatic heterocycles. The van der Waals surface area contributed by atoms with Crippen LogP contribution in [0.5, 0.6) is 0 Å². The van der Waals surface area contributed by atoms with Gasteiger partial charge in [-0.2, -0.15) is 5.26 Å². The minimum absolute atomic E-state index is 0.214. The van der Waals surface area contributed by atoms with Crippen LogP contribution in [0.2, 0.25) is 0 Å². The number of nitrogens with two attached hydrogens (primary N) is 1. The molecule has 3 rings (SSSR count). The van der Waals surface area contributed by atoms with E-state index >= 15 is 0 Å². The highest BCUT2D eigenvalue weighted by Crippen LogP contribution is 2.45. The fourth-order valence-electron chi connectivity index (χ4n) is 2.77. The number of aliphatic imine (C=N–C) groups is 1. The summed E-state index contributed by atoms with van der Waals surface area (Å²) in [7, 11) is 0. The molecular formula is C17H15FN4O2S. The summed E-state index contributed by atoms with van der Waals surface area (Å²) in [6, 6.07) is 7.19. The first-order chi connectivity index (χ1) is 12.0. The van der Waals surface area contributed by atoms with E-state index in [9.17, 15) is 14.4 Å². The van der Waals surface area contributed by atoms with Gasteiger partial charge in [-0.05, 0) is 43.3 Å². The number of hydrogen-bond acceptors (Lipinski definition) is 7. The van der Waals surface area contributed by atoms with Crippen molar-refractivity contribution in [1.82, 2.24) is 4.90 Å². The number of nitrogens with zero attached hydrogens (tertiary/aromatic N) is 3. The Kier molecular flexibility index (Phi) is 4.51. The van der Waals surface area contributed by atoms with E-state index in [4.69, 9.17) is 10.5 Å². The molecule has 25 heavy (non-hydrogen) atoms. The molecule has 1 aromatic carbocycles. The number of nitriles is 1. The number of allylic oxidation sites excluding steroid dienone is 2. The van der Waals surface area contributed by atoms with Crippen LogP contribution in [0.15, 0.2) is 51.3 Å². The van der Waals surface area contributed by atoms with E-state index in [0.29, 0.717) is 26.9 Å². The topological polar surface area (TPSA) is 91.7 Å². The first-order valence-corrected chi connectivity index (χ1v) is 8.38. The van der Waals surface area contributed by atoms with Crippen LogP contribution in [0.25, 0.3) is 0 Å². The Bertz CT molecular complexity index is 868. The maximum atomic E-state index is 13.3. The average molecular weight is 358 g/mol. The Hall–Kier alpha value is -2.79. The van der Waals surface area contributed by atoms with Gasteiger partial charge >= 0.3 is 5.97 Å². The first kappa shape index (κ1) is 17.0. The smallest absolute Gasteiger partial charge is 0.338 e. The number of carbonyl (C=O) groups excluding carboxylic acids is 1. The number of hydrogen-bond donors (Lipinski definition) is 1. The molecule has 0 spiro atoms. The molecule has 2 heterocycles.